The number of methoxy groups -OCH3 is 1. The lowest BCUT2D eigenvalue weighted by Gasteiger charge is -2.32. The number of carbonyl (C=O) groups excluding carboxylic acids is 1. The monoisotopic (exact) mass is 347 g/mol. The number of sulfonamides is 1. The molecule has 6 nitrogen and oxygen atoms in total. The van der Waals surface area contributed by atoms with Gasteiger partial charge in [-0.15, -0.1) is 0 Å². The predicted molar refractivity (Wildman–Crippen MR) is 81.4 cm³/mol. The molecule has 0 aromatic heterocycles. The second kappa shape index (κ2) is 6.44. The summed E-state index contributed by atoms with van der Waals surface area (Å²) in [7, 11) is -2.81. The number of phenolic OH excluding ortho intramolecular Hbond substituents is 1. The van der Waals surface area contributed by atoms with Gasteiger partial charge in [0, 0.05) is 11.6 Å². The molecule has 0 amide bonds. The molecule has 0 bridgehead atoms. The molecule has 8 heteroatoms. The Morgan fingerprint density at radius 3 is 2.73 bits per heavy atom. The van der Waals surface area contributed by atoms with E-state index in [2.05, 4.69) is 0 Å². The molecular formula is C14H18ClNO5S. The van der Waals surface area contributed by atoms with Crippen molar-refractivity contribution < 1.29 is 23.1 Å². The molecule has 1 aromatic rings. The number of carbonyl (C=O) groups is 1. The van der Waals surface area contributed by atoms with Gasteiger partial charge in [0.15, 0.2) is 0 Å². The number of hydrogen-bond donors (Lipinski definition) is 1. The average molecular weight is 348 g/mol. The fourth-order valence-electron chi connectivity index (χ4n) is 2.55. The number of halogens is 1. The number of hydrogen-bond acceptors (Lipinski definition) is 5. The number of aryl methyl sites for hydroxylation is 1. The van der Waals surface area contributed by atoms with Crippen molar-refractivity contribution in [2.24, 2.45) is 0 Å². The van der Waals surface area contributed by atoms with Gasteiger partial charge in [-0.3, -0.25) is 4.79 Å². The van der Waals surface area contributed by atoms with E-state index in [1.807, 2.05) is 0 Å². The fraction of sp³-hybridized carbons (Fsp3) is 0.500. The third-order valence-electron chi connectivity index (χ3n) is 3.75. The summed E-state index contributed by atoms with van der Waals surface area (Å²) >= 11 is 5.97. The van der Waals surface area contributed by atoms with Crippen LogP contribution < -0.4 is 0 Å². The maximum Gasteiger partial charge on any atom is 0.324 e. The average Bonchev–Trinajstić information content (AvgIpc) is 2.50. The zero-order chi connectivity index (χ0) is 16.5. The summed E-state index contributed by atoms with van der Waals surface area (Å²) < 4.78 is 31.4. The molecule has 0 spiro atoms. The maximum atomic E-state index is 12.8. The highest BCUT2D eigenvalue weighted by molar-refractivity contribution is 7.89. The zero-order valence-electron chi connectivity index (χ0n) is 12.4. The first-order chi connectivity index (χ1) is 10.3. The molecule has 0 radical (unpaired) electrons. The second-order valence-electron chi connectivity index (χ2n) is 5.22. The number of phenols is 1. The summed E-state index contributed by atoms with van der Waals surface area (Å²) in [4.78, 5) is 11.6. The Morgan fingerprint density at radius 1 is 1.41 bits per heavy atom. The number of piperidine rings is 1. The lowest BCUT2D eigenvalue weighted by atomic mass is 10.1. The van der Waals surface area contributed by atoms with Crippen molar-refractivity contribution in [3.05, 3.63) is 22.7 Å². The topological polar surface area (TPSA) is 83.9 Å². The van der Waals surface area contributed by atoms with Crippen LogP contribution in [0.2, 0.25) is 5.02 Å². The number of ether oxygens (including phenoxy) is 1. The Kier molecular flexibility index (Phi) is 4.99. The van der Waals surface area contributed by atoms with Crippen molar-refractivity contribution >= 4 is 27.6 Å². The van der Waals surface area contributed by atoms with Gasteiger partial charge in [0.2, 0.25) is 10.0 Å². The van der Waals surface area contributed by atoms with E-state index in [0.717, 1.165) is 10.7 Å². The van der Waals surface area contributed by atoms with Crippen LogP contribution in [0.1, 0.15) is 24.8 Å². The minimum absolute atomic E-state index is 0.201. The van der Waals surface area contributed by atoms with Crippen LogP contribution in [-0.2, 0) is 19.6 Å². The van der Waals surface area contributed by atoms with E-state index in [1.165, 1.54) is 19.2 Å². The smallest absolute Gasteiger partial charge is 0.324 e. The minimum atomic E-state index is -4.04. The molecule has 1 N–H and O–H groups in total. The summed E-state index contributed by atoms with van der Waals surface area (Å²) in [6.45, 7) is 1.86. The summed E-state index contributed by atoms with van der Waals surface area (Å²) in [6.07, 6.45) is 1.78. The molecule has 1 aliphatic heterocycles. The van der Waals surface area contributed by atoms with Crippen LogP contribution >= 0.6 is 11.6 Å². The molecule has 1 fully saturated rings. The molecular weight excluding hydrogens is 330 g/mol. The molecule has 1 heterocycles. The minimum Gasteiger partial charge on any atom is -0.507 e. The third-order valence-corrected chi connectivity index (χ3v) is 6.10. The number of benzene rings is 1. The molecule has 1 aliphatic rings. The van der Waals surface area contributed by atoms with Crippen molar-refractivity contribution in [2.45, 2.75) is 37.1 Å². The summed E-state index contributed by atoms with van der Waals surface area (Å²) in [5, 5.41) is 10.2. The number of aromatic hydroxyl groups is 1. The first-order valence-electron chi connectivity index (χ1n) is 6.88. The number of rotatable bonds is 3. The summed E-state index contributed by atoms with van der Waals surface area (Å²) in [5.41, 5.74) is 0.571. The first-order valence-corrected chi connectivity index (χ1v) is 8.69. The fourth-order valence-corrected chi connectivity index (χ4v) is 4.51. The van der Waals surface area contributed by atoms with Gasteiger partial charge in [-0.1, -0.05) is 11.6 Å². The number of esters is 1. The molecule has 0 aliphatic carbocycles. The summed E-state index contributed by atoms with van der Waals surface area (Å²) in [6, 6.07) is 1.64. The standard InChI is InChI=1S/C14H18ClNO5S/c1-9-7-12(17)13(8-10(9)15)22(19,20)16-6-4-3-5-11(16)14(18)21-2/h7-8,11,17H,3-6H2,1-2H3/t11-/m0/s1. The van der Waals surface area contributed by atoms with Gasteiger partial charge in [-0.05, 0) is 43.9 Å². The van der Waals surface area contributed by atoms with E-state index in [-0.39, 0.29) is 22.2 Å². The highest BCUT2D eigenvalue weighted by Crippen LogP contribution is 2.34. The van der Waals surface area contributed by atoms with Gasteiger partial charge >= 0.3 is 5.97 Å². The third kappa shape index (κ3) is 3.06. The van der Waals surface area contributed by atoms with Crippen LogP contribution in [-0.4, -0.2) is 43.5 Å². The molecule has 1 atom stereocenters. The summed E-state index contributed by atoms with van der Waals surface area (Å²) in [5.74, 6) is -0.975. The van der Waals surface area contributed by atoms with E-state index in [0.29, 0.717) is 18.4 Å². The van der Waals surface area contributed by atoms with E-state index >= 15 is 0 Å². The normalized spacial score (nSPS) is 19.9. The Balaban J connectivity index is 2.48. The van der Waals surface area contributed by atoms with Crippen molar-refractivity contribution in [3.63, 3.8) is 0 Å². The maximum absolute atomic E-state index is 12.8. The molecule has 1 saturated heterocycles. The molecule has 0 saturated carbocycles. The Morgan fingerprint density at radius 2 is 2.09 bits per heavy atom. The van der Waals surface area contributed by atoms with Crippen LogP contribution in [0.4, 0.5) is 0 Å². The molecule has 22 heavy (non-hydrogen) atoms. The van der Waals surface area contributed by atoms with Crippen molar-refractivity contribution in [1.82, 2.24) is 4.31 Å². The van der Waals surface area contributed by atoms with Crippen LogP contribution in [0.15, 0.2) is 17.0 Å². The predicted octanol–water partition coefficient (Wildman–Crippen LogP) is 2.07. The molecule has 2 rings (SSSR count). The lowest BCUT2D eigenvalue weighted by molar-refractivity contribution is -0.146. The second-order valence-corrected chi connectivity index (χ2v) is 7.49. The van der Waals surface area contributed by atoms with E-state index in [1.54, 1.807) is 6.92 Å². The lowest BCUT2D eigenvalue weighted by Crippen LogP contribution is -2.48. The quantitative estimate of drug-likeness (QED) is 0.846. The van der Waals surface area contributed by atoms with E-state index < -0.39 is 22.0 Å². The SMILES string of the molecule is COC(=O)[C@@H]1CCCCN1S(=O)(=O)c1cc(Cl)c(C)cc1O. The molecule has 1 aromatic carbocycles. The van der Waals surface area contributed by atoms with Crippen LogP contribution in [0.3, 0.4) is 0 Å². The van der Waals surface area contributed by atoms with Crippen molar-refractivity contribution in [2.75, 3.05) is 13.7 Å². The van der Waals surface area contributed by atoms with Crippen LogP contribution in [0.25, 0.3) is 0 Å². The Labute approximate surface area is 134 Å². The van der Waals surface area contributed by atoms with Gasteiger partial charge in [-0.2, -0.15) is 4.31 Å². The van der Waals surface area contributed by atoms with Crippen LogP contribution in [0.5, 0.6) is 5.75 Å². The van der Waals surface area contributed by atoms with Crippen molar-refractivity contribution in [1.29, 1.82) is 0 Å². The highest BCUT2D eigenvalue weighted by Gasteiger charge is 2.39. The van der Waals surface area contributed by atoms with E-state index in [9.17, 15) is 18.3 Å². The Hall–Kier alpha value is -1.31. The van der Waals surface area contributed by atoms with Gasteiger partial charge in [0.1, 0.15) is 16.7 Å². The first kappa shape index (κ1) is 17.1. The van der Waals surface area contributed by atoms with Gasteiger partial charge < -0.3 is 9.84 Å². The van der Waals surface area contributed by atoms with Crippen molar-refractivity contribution in [3.8, 4) is 5.75 Å². The van der Waals surface area contributed by atoms with E-state index in [4.69, 9.17) is 16.3 Å². The largest absolute Gasteiger partial charge is 0.507 e. The highest BCUT2D eigenvalue weighted by atomic mass is 35.5. The van der Waals surface area contributed by atoms with Gasteiger partial charge in [-0.25, -0.2) is 8.42 Å². The Bertz CT molecular complexity index is 689. The van der Waals surface area contributed by atoms with Gasteiger partial charge in [0.25, 0.3) is 0 Å². The zero-order valence-corrected chi connectivity index (χ0v) is 13.9. The van der Waals surface area contributed by atoms with Crippen LogP contribution in [0, 0.1) is 6.92 Å². The molecule has 0 unspecified atom stereocenters. The number of nitrogens with zero attached hydrogens (tertiary/aromatic N) is 1. The molecule has 122 valence electrons. The van der Waals surface area contributed by atoms with Gasteiger partial charge in [0.05, 0.1) is 7.11 Å².